The third-order valence-corrected chi connectivity index (χ3v) is 3.26. The van der Waals surface area contributed by atoms with Crippen LogP contribution in [0.25, 0.3) is 0 Å². The molecule has 0 aromatic heterocycles. The fourth-order valence-electron chi connectivity index (χ4n) is 2.35. The Morgan fingerprint density at radius 2 is 1.93 bits per heavy atom. The highest BCUT2D eigenvalue weighted by Crippen LogP contribution is 2.33. The molecule has 0 bridgehead atoms. The van der Waals surface area contributed by atoms with Crippen LogP contribution >= 0.6 is 0 Å². The van der Waals surface area contributed by atoms with Gasteiger partial charge < -0.3 is 0 Å². The maximum atomic E-state index is 12.1. The van der Waals surface area contributed by atoms with Crippen LogP contribution in [-0.4, -0.2) is 5.78 Å². The summed E-state index contributed by atoms with van der Waals surface area (Å²) in [6.45, 7) is 2.19. The number of ketones is 1. The quantitative estimate of drug-likeness (QED) is 0.651. The lowest BCUT2D eigenvalue weighted by atomic mass is 9.90. The van der Waals surface area contributed by atoms with Crippen LogP contribution in [0.4, 0.5) is 0 Å². The summed E-state index contributed by atoms with van der Waals surface area (Å²) in [6.07, 6.45) is 3.50. The van der Waals surface area contributed by atoms with Crippen LogP contribution in [-0.2, 0) is 0 Å². The predicted octanol–water partition coefficient (Wildman–Crippen LogP) is 3.31. The Balaban J connectivity index is 2.16. The molecule has 1 fully saturated rings. The van der Waals surface area contributed by atoms with E-state index < -0.39 is 0 Å². The molecule has 1 aromatic carbocycles. The Bertz CT molecular complexity index is 315. The number of Topliss-reactive ketones (excluding diaryl/α,β-unsaturated/α-hetero) is 1. The van der Waals surface area contributed by atoms with Crippen LogP contribution in [0.5, 0.6) is 0 Å². The second-order valence-electron chi connectivity index (χ2n) is 4.24. The van der Waals surface area contributed by atoms with Gasteiger partial charge in [0.25, 0.3) is 0 Å². The second-order valence-corrected chi connectivity index (χ2v) is 4.24. The summed E-state index contributed by atoms with van der Waals surface area (Å²) < 4.78 is 0. The molecule has 2 atom stereocenters. The van der Waals surface area contributed by atoms with Gasteiger partial charge in [-0.2, -0.15) is 0 Å². The summed E-state index contributed by atoms with van der Waals surface area (Å²) in [5, 5.41) is 0. The average Bonchev–Trinajstić information content (AvgIpc) is 2.65. The van der Waals surface area contributed by atoms with Crippen molar-refractivity contribution in [1.82, 2.24) is 0 Å². The van der Waals surface area contributed by atoms with Gasteiger partial charge in [-0.3, -0.25) is 4.79 Å². The Hall–Kier alpha value is -1.11. The highest BCUT2D eigenvalue weighted by atomic mass is 16.1. The van der Waals surface area contributed by atoms with Crippen molar-refractivity contribution < 1.29 is 4.79 Å². The molecular formula is C13H16O. The van der Waals surface area contributed by atoms with E-state index >= 15 is 0 Å². The van der Waals surface area contributed by atoms with Crippen LogP contribution in [0.15, 0.2) is 30.3 Å². The van der Waals surface area contributed by atoms with Crippen molar-refractivity contribution in [3.05, 3.63) is 35.9 Å². The minimum absolute atomic E-state index is 0.275. The first-order valence-electron chi connectivity index (χ1n) is 5.38. The Kier molecular flexibility index (Phi) is 2.67. The van der Waals surface area contributed by atoms with Crippen LogP contribution in [0, 0.1) is 11.8 Å². The maximum Gasteiger partial charge on any atom is 0.166 e. The topological polar surface area (TPSA) is 17.1 Å². The first-order valence-corrected chi connectivity index (χ1v) is 5.38. The molecule has 0 heterocycles. The maximum absolute atomic E-state index is 12.1. The van der Waals surface area contributed by atoms with Gasteiger partial charge >= 0.3 is 0 Å². The van der Waals surface area contributed by atoms with Crippen molar-refractivity contribution in [2.24, 2.45) is 11.8 Å². The van der Waals surface area contributed by atoms with Crippen molar-refractivity contribution >= 4 is 5.78 Å². The Morgan fingerprint density at radius 3 is 2.50 bits per heavy atom. The van der Waals surface area contributed by atoms with E-state index in [9.17, 15) is 4.79 Å². The smallest absolute Gasteiger partial charge is 0.166 e. The van der Waals surface area contributed by atoms with Gasteiger partial charge in [-0.05, 0) is 18.8 Å². The van der Waals surface area contributed by atoms with Crippen molar-refractivity contribution in [3.63, 3.8) is 0 Å². The van der Waals surface area contributed by atoms with E-state index in [1.807, 2.05) is 30.3 Å². The van der Waals surface area contributed by atoms with Gasteiger partial charge in [-0.25, -0.2) is 0 Å². The average molecular weight is 188 g/mol. The van der Waals surface area contributed by atoms with Gasteiger partial charge in [0.05, 0.1) is 0 Å². The van der Waals surface area contributed by atoms with Gasteiger partial charge in [0.15, 0.2) is 5.78 Å². The van der Waals surface area contributed by atoms with E-state index in [1.54, 1.807) is 0 Å². The van der Waals surface area contributed by atoms with Crippen molar-refractivity contribution in [1.29, 1.82) is 0 Å². The molecule has 0 saturated heterocycles. The molecular weight excluding hydrogens is 172 g/mol. The van der Waals surface area contributed by atoms with Gasteiger partial charge in [-0.1, -0.05) is 43.7 Å². The van der Waals surface area contributed by atoms with E-state index in [-0.39, 0.29) is 5.92 Å². The molecule has 1 aliphatic carbocycles. The number of rotatable bonds is 2. The summed E-state index contributed by atoms with van der Waals surface area (Å²) >= 11 is 0. The van der Waals surface area contributed by atoms with E-state index in [2.05, 4.69) is 6.92 Å². The molecule has 1 aliphatic rings. The molecule has 14 heavy (non-hydrogen) atoms. The summed E-state index contributed by atoms with van der Waals surface area (Å²) in [6, 6.07) is 9.68. The zero-order valence-corrected chi connectivity index (χ0v) is 8.57. The summed E-state index contributed by atoms with van der Waals surface area (Å²) in [5.41, 5.74) is 0.881. The Morgan fingerprint density at radius 1 is 1.21 bits per heavy atom. The number of hydrogen-bond acceptors (Lipinski definition) is 1. The standard InChI is InChI=1S/C13H16O/c1-10-6-5-9-12(10)13(14)11-7-3-2-4-8-11/h2-4,7-8,10,12H,5-6,9H2,1H3. The first-order chi connectivity index (χ1) is 6.79. The third-order valence-electron chi connectivity index (χ3n) is 3.26. The minimum atomic E-state index is 0.275. The molecule has 0 amide bonds. The third kappa shape index (κ3) is 1.72. The molecule has 0 spiro atoms. The van der Waals surface area contributed by atoms with Gasteiger partial charge in [0.1, 0.15) is 0 Å². The zero-order chi connectivity index (χ0) is 9.97. The molecule has 74 valence electrons. The van der Waals surface area contributed by atoms with Gasteiger partial charge in [0, 0.05) is 11.5 Å². The largest absolute Gasteiger partial charge is 0.294 e. The van der Waals surface area contributed by atoms with Crippen LogP contribution in [0.2, 0.25) is 0 Å². The summed E-state index contributed by atoms with van der Waals surface area (Å²) in [5.74, 6) is 1.19. The van der Waals surface area contributed by atoms with Crippen LogP contribution in [0.3, 0.4) is 0 Å². The minimum Gasteiger partial charge on any atom is -0.294 e. The lowest BCUT2D eigenvalue weighted by molar-refractivity contribution is 0.0897. The molecule has 0 radical (unpaired) electrons. The van der Waals surface area contributed by atoms with E-state index in [0.717, 1.165) is 12.0 Å². The number of hydrogen-bond donors (Lipinski definition) is 0. The summed E-state index contributed by atoms with van der Waals surface area (Å²) in [7, 11) is 0. The molecule has 0 N–H and O–H groups in total. The van der Waals surface area contributed by atoms with Crippen molar-refractivity contribution in [3.8, 4) is 0 Å². The molecule has 1 nitrogen and oxygen atoms in total. The lowest BCUT2D eigenvalue weighted by Gasteiger charge is -2.13. The molecule has 1 saturated carbocycles. The van der Waals surface area contributed by atoms with E-state index in [4.69, 9.17) is 0 Å². The van der Waals surface area contributed by atoms with Gasteiger partial charge in [0.2, 0.25) is 0 Å². The van der Waals surface area contributed by atoms with E-state index in [0.29, 0.717) is 11.7 Å². The van der Waals surface area contributed by atoms with Crippen LogP contribution < -0.4 is 0 Å². The molecule has 0 aliphatic heterocycles. The second kappa shape index (κ2) is 3.95. The monoisotopic (exact) mass is 188 g/mol. The van der Waals surface area contributed by atoms with Crippen molar-refractivity contribution in [2.75, 3.05) is 0 Å². The van der Waals surface area contributed by atoms with Gasteiger partial charge in [-0.15, -0.1) is 0 Å². The highest BCUT2D eigenvalue weighted by Gasteiger charge is 2.29. The fourth-order valence-corrected chi connectivity index (χ4v) is 2.35. The predicted molar refractivity (Wildman–Crippen MR) is 57.3 cm³/mol. The molecule has 1 aromatic rings. The Labute approximate surface area is 85.1 Å². The molecule has 2 rings (SSSR count). The van der Waals surface area contributed by atoms with Crippen molar-refractivity contribution in [2.45, 2.75) is 26.2 Å². The summed E-state index contributed by atoms with van der Waals surface area (Å²) in [4.78, 5) is 12.1. The lowest BCUT2D eigenvalue weighted by Crippen LogP contribution is -2.16. The van der Waals surface area contributed by atoms with E-state index in [1.165, 1.54) is 12.8 Å². The zero-order valence-electron chi connectivity index (χ0n) is 8.57. The molecule has 2 unspecified atom stereocenters. The number of carbonyl (C=O) groups excluding carboxylic acids is 1. The fraction of sp³-hybridized carbons (Fsp3) is 0.462. The highest BCUT2D eigenvalue weighted by molar-refractivity contribution is 5.98. The first kappa shape index (κ1) is 9.45. The number of carbonyl (C=O) groups is 1. The molecule has 1 heteroatoms. The number of benzene rings is 1. The van der Waals surface area contributed by atoms with Crippen LogP contribution in [0.1, 0.15) is 36.5 Å². The SMILES string of the molecule is CC1CCCC1C(=O)c1ccccc1. The normalized spacial score (nSPS) is 26.4.